The highest BCUT2D eigenvalue weighted by molar-refractivity contribution is 5.23. The fraction of sp³-hybridized carbons (Fsp3) is 0.733. The van der Waals surface area contributed by atoms with Crippen LogP contribution in [0, 0.1) is 11.3 Å². The van der Waals surface area contributed by atoms with E-state index in [0.717, 1.165) is 12.1 Å². The molecule has 0 amide bonds. The van der Waals surface area contributed by atoms with Crippen LogP contribution in [0.1, 0.15) is 57.7 Å². The Kier molecular flexibility index (Phi) is 4.40. The summed E-state index contributed by atoms with van der Waals surface area (Å²) in [4.78, 5) is 8.67. The van der Waals surface area contributed by atoms with Gasteiger partial charge in [-0.2, -0.15) is 0 Å². The molecule has 4 heteroatoms. The summed E-state index contributed by atoms with van der Waals surface area (Å²) in [6.07, 6.45) is 9.41. The Morgan fingerprint density at radius 2 is 1.89 bits per heavy atom. The van der Waals surface area contributed by atoms with Gasteiger partial charge in [0.05, 0.1) is 13.2 Å². The number of ether oxygens (including phenoxy) is 1. The molecule has 1 aromatic rings. The summed E-state index contributed by atoms with van der Waals surface area (Å²) in [5.74, 6) is 1.22. The quantitative estimate of drug-likeness (QED) is 0.886. The molecule has 0 radical (unpaired) electrons. The minimum absolute atomic E-state index is 0.0824. The van der Waals surface area contributed by atoms with E-state index < -0.39 is 0 Å². The second-order valence-corrected chi connectivity index (χ2v) is 6.10. The molecule has 19 heavy (non-hydrogen) atoms. The highest BCUT2D eigenvalue weighted by Crippen LogP contribution is 2.51. The first-order chi connectivity index (χ1) is 9.09. The molecule has 1 aliphatic carbocycles. The van der Waals surface area contributed by atoms with Crippen molar-refractivity contribution in [3.8, 4) is 5.88 Å². The molecule has 1 aromatic heterocycles. The van der Waals surface area contributed by atoms with Crippen LogP contribution in [0.3, 0.4) is 0 Å². The van der Waals surface area contributed by atoms with Gasteiger partial charge in [-0.1, -0.05) is 26.7 Å². The molecular weight excluding hydrogens is 238 g/mol. The molecule has 0 spiro atoms. The predicted molar refractivity (Wildman–Crippen MR) is 75.9 cm³/mol. The van der Waals surface area contributed by atoms with E-state index in [4.69, 9.17) is 10.5 Å². The second-order valence-electron chi connectivity index (χ2n) is 6.10. The number of nitrogens with zero attached hydrogens (tertiary/aromatic N) is 2. The van der Waals surface area contributed by atoms with E-state index in [2.05, 4.69) is 23.8 Å². The van der Waals surface area contributed by atoms with Crippen LogP contribution in [-0.2, 0) is 0 Å². The molecule has 2 rings (SSSR count). The molecule has 1 heterocycles. The smallest absolute Gasteiger partial charge is 0.237 e. The van der Waals surface area contributed by atoms with Crippen molar-refractivity contribution >= 4 is 0 Å². The largest absolute Gasteiger partial charge is 0.480 e. The molecule has 0 bridgehead atoms. The van der Waals surface area contributed by atoms with Gasteiger partial charge in [0, 0.05) is 12.4 Å². The summed E-state index contributed by atoms with van der Waals surface area (Å²) in [6, 6.07) is -0.0824. The van der Waals surface area contributed by atoms with E-state index in [0.29, 0.717) is 11.8 Å². The lowest BCUT2D eigenvalue weighted by Crippen LogP contribution is -2.34. The first-order valence-corrected chi connectivity index (χ1v) is 7.19. The summed E-state index contributed by atoms with van der Waals surface area (Å²) in [6.45, 7) is 4.53. The summed E-state index contributed by atoms with van der Waals surface area (Å²) in [7, 11) is 1.63. The normalized spacial score (nSPS) is 19.6. The highest BCUT2D eigenvalue weighted by Gasteiger charge is 2.42. The lowest BCUT2D eigenvalue weighted by molar-refractivity contribution is 0.177. The minimum Gasteiger partial charge on any atom is -0.480 e. The number of methoxy groups -OCH3 is 1. The van der Waals surface area contributed by atoms with E-state index in [-0.39, 0.29) is 11.5 Å². The number of rotatable bonds is 5. The summed E-state index contributed by atoms with van der Waals surface area (Å²) in [5, 5.41) is 0. The molecule has 0 saturated heterocycles. The van der Waals surface area contributed by atoms with Crippen LogP contribution < -0.4 is 10.5 Å². The Bertz CT molecular complexity index is 414. The second kappa shape index (κ2) is 5.87. The maximum absolute atomic E-state index is 6.58. The van der Waals surface area contributed by atoms with Gasteiger partial charge in [0.15, 0.2) is 0 Å². The van der Waals surface area contributed by atoms with Crippen LogP contribution >= 0.6 is 0 Å². The maximum atomic E-state index is 6.58. The summed E-state index contributed by atoms with van der Waals surface area (Å²) in [5.41, 5.74) is 7.55. The molecule has 1 atom stereocenters. The third-order valence-corrected chi connectivity index (χ3v) is 4.25. The highest BCUT2D eigenvalue weighted by atomic mass is 16.5. The number of nitrogens with two attached hydrogens (primary N) is 1. The topological polar surface area (TPSA) is 61.0 Å². The van der Waals surface area contributed by atoms with Crippen molar-refractivity contribution < 1.29 is 4.74 Å². The zero-order valence-corrected chi connectivity index (χ0v) is 12.2. The van der Waals surface area contributed by atoms with Crippen molar-refractivity contribution in [2.75, 3.05) is 7.11 Å². The van der Waals surface area contributed by atoms with Crippen LogP contribution in [0.4, 0.5) is 0 Å². The first kappa shape index (κ1) is 14.3. The average molecular weight is 263 g/mol. The van der Waals surface area contributed by atoms with Crippen molar-refractivity contribution in [3.05, 3.63) is 18.1 Å². The lowest BCUT2D eigenvalue weighted by Gasteiger charge is -2.36. The standard InChI is InChI=1S/C15H25N3O/c1-11(2)10-15(6-4-5-7-15)13(16)12-14(19-3)18-9-8-17-12/h8-9,11,13H,4-7,10,16H2,1-3H3. The zero-order chi connectivity index (χ0) is 13.9. The molecule has 1 unspecified atom stereocenters. The van der Waals surface area contributed by atoms with Crippen LogP contribution in [-0.4, -0.2) is 17.1 Å². The van der Waals surface area contributed by atoms with Crippen molar-refractivity contribution in [2.45, 2.75) is 52.0 Å². The SMILES string of the molecule is COc1nccnc1C(N)C1(CC(C)C)CCCC1. The van der Waals surface area contributed by atoms with Crippen molar-refractivity contribution in [3.63, 3.8) is 0 Å². The Hall–Kier alpha value is -1.16. The fourth-order valence-corrected chi connectivity index (χ4v) is 3.53. The fourth-order valence-electron chi connectivity index (χ4n) is 3.53. The van der Waals surface area contributed by atoms with E-state index in [1.165, 1.54) is 25.7 Å². The van der Waals surface area contributed by atoms with Crippen LogP contribution in [0.15, 0.2) is 12.4 Å². The molecule has 1 saturated carbocycles. The summed E-state index contributed by atoms with van der Waals surface area (Å²) >= 11 is 0. The van der Waals surface area contributed by atoms with Gasteiger partial charge in [-0.3, -0.25) is 4.98 Å². The van der Waals surface area contributed by atoms with Crippen LogP contribution in [0.25, 0.3) is 0 Å². The van der Waals surface area contributed by atoms with Gasteiger partial charge >= 0.3 is 0 Å². The molecule has 0 aliphatic heterocycles. The van der Waals surface area contributed by atoms with Crippen LogP contribution in [0.2, 0.25) is 0 Å². The van der Waals surface area contributed by atoms with Gasteiger partial charge in [-0.05, 0) is 30.6 Å². The number of hydrogen-bond donors (Lipinski definition) is 1. The van der Waals surface area contributed by atoms with Crippen LogP contribution in [0.5, 0.6) is 5.88 Å². The molecule has 106 valence electrons. The average Bonchev–Trinajstić information content (AvgIpc) is 2.86. The Labute approximate surface area is 115 Å². The monoisotopic (exact) mass is 263 g/mol. The molecule has 1 aliphatic rings. The molecule has 2 N–H and O–H groups in total. The summed E-state index contributed by atoms with van der Waals surface area (Å²) < 4.78 is 5.32. The Morgan fingerprint density at radius 3 is 2.47 bits per heavy atom. The van der Waals surface area contributed by atoms with Gasteiger partial charge < -0.3 is 10.5 Å². The molecule has 0 aromatic carbocycles. The van der Waals surface area contributed by atoms with E-state index in [9.17, 15) is 0 Å². The lowest BCUT2D eigenvalue weighted by atomic mass is 9.72. The van der Waals surface area contributed by atoms with Gasteiger partial charge in [0.2, 0.25) is 5.88 Å². The van der Waals surface area contributed by atoms with Gasteiger partial charge in [0.25, 0.3) is 0 Å². The van der Waals surface area contributed by atoms with Gasteiger partial charge in [-0.25, -0.2) is 4.98 Å². The predicted octanol–water partition coefficient (Wildman–Crippen LogP) is 3.09. The zero-order valence-electron chi connectivity index (χ0n) is 12.2. The van der Waals surface area contributed by atoms with Gasteiger partial charge in [-0.15, -0.1) is 0 Å². The van der Waals surface area contributed by atoms with E-state index in [1.807, 2.05) is 0 Å². The van der Waals surface area contributed by atoms with Crippen molar-refractivity contribution in [1.82, 2.24) is 9.97 Å². The third kappa shape index (κ3) is 2.89. The molecular formula is C15H25N3O. The number of aromatic nitrogens is 2. The Balaban J connectivity index is 2.31. The Morgan fingerprint density at radius 1 is 1.26 bits per heavy atom. The van der Waals surface area contributed by atoms with E-state index in [1.54, 1.807) is 19.5 Å². The first-order valence-electron chi connectivity index (χ1n) is 7.19. The molecule has 4 nitrogen and oxygen atoms in total. The van der Waals surface area contributed by atoms with E-state index >= 15 is 0 Å². The van der Waals surface area contributed by atoms with Gasteiger partial charge in [0.1, 0.15) is 5.69 Å². The minimum atomic E-state index is -0.0824. The van der Waals surface area contributed by atoms with Crippen molar-refractivity contribution in [1.29, 1.82) is 0 Å². The third-order valence-electron chi connectivity index (χ3n) is 4.25. The van der Waals surface area contributed by atoms with Crippen molar-refractivity contribution in [2.24, 2.45) is 17.1 Å². The maximum Gasteiger partial charge on any atom is 0.237 e. The molecule has 1 fully saturated rings. The number of hydrogen-bond acceptors (Lipinski definition) is 4.